The van der Waals surface area contributed by atoms with Crippen molar-refractivity contribution in [2.24, 2.45) is 5.73 Å². The average Bonchev–Trinajstić information content (AvgIpc) is 1.88. The van der Waals surface area contributed by atoms with Crippen LogP contribution in [0, 0.1) is 11.3 Å². The first-order chi connectivity index (χ1) is 4.35. The maximum absolute atomic E-state index is 8.32. The summed E-state index contributed by atoms with van der Waals surface area (Å²) in [7, 11) is 0. The maximum atomic E-state index is 8.32. The lowest BCUT2D eigenvalue weighted by atomic mass is 10.3. The second-order valence-corrected chi connectivity index (χ2v) is 1.33. The molecule has 0 amide bonds. The van der Waals surface area contributed by atoms with E-state index < -0.39 is 0 Å². The van der Waals surface area contributed by atoms with E-state index in [2.05, 4.69) is 6.58 Å². The molecule has 0 aromatic rings. The molecular weight excluding hydrogens is 112 g/mol. The van der Waals surface area contributed by atoms with E-state index in [-0.39, 0.29) is 0 Å². The Hall–Kier alpha value is -1.49. The topological polar surface area (TPSA) is 49.8 Å². The van der Waals surface area contributed by atoms with Crippen molar-refractivity contribution in [3.63, 3.8) is 0 Å². The van der Waals surface area contributed by atoms with Crippen molar-refractivity contribution in [1.29, 1.82) is 5.26 Å². The normalized spacial score (nSPS) is 11.2. The molecule has 0 atom stereocenters. The molecular formula is C7H8N2. The standard InChI is InChI=1S/C7H8N2/c1-2-3-7(6-9)4-5-8/h2-5H,1,8H2/b5-4-,7-3+. The Morgan fingerprint density at radius 3 is 2.67 bits per heavy atom. The van der Waals surface area contributed by atoms with Crippen LogP contribution in [-0.2, 0) is 0 Å². The van der Waals surface area contributed by atoms with Gasteiger partial charge < -0.3 is 5.73 Å². The summed E-state index contributed by atoms with van der Waals surface area (Å²) in [5.74, 6) is 0. The largest absolute Gasteiger partial charge is 0.405 e. The second kappa shape index (κ2) is 4.66. The monoisotopic (exact) mass is 120 g/mol. The molecule has 0 saturated carbocycles. The highest BCUT2D eigenvalue weighted by Gasteiger charge is 1.80. The Labute approximate surface area is 54.6 Å². The van der Waals surface area contributed by atoms with E-state index in [4.69, 9.17) is 11.0 Å². The van der Waals surface area contributed by atoms with E-state index in [1.165, 1.54) is 12.3 Å². The van der Waals surface area contributed by atoms with Crippen molar-refractivity contribution in [1.82, 2.24) is 0 Å². The lowest BCUT2D eigenvalue weighted by Crippen LogP contribution is -1.77. The molecule has 0 rings (SSSR count). The van der Waals surface area contributed by atoms with Gasteiger partial charge in [0.25, 0.3) is 0 Å². The summed E-state index contributed by atoms with van der Waals surface area (Å²) in [6.07, 6.45) is 5.96. The fourth-order valence-corrected chi connectivity index (χ4v) is 0.361. The lowest BCUT2D eigenvalue weighted by Gasteiger charge is -1.79. The van der Waals surface area contributed by atoms with Crippen LogP contribution in [0.5, 0.6) is 0 Å². The molecule has 2 nitrogen and oxygen atoms in total. The Balaban J connectivity index is 4.19. The predicted octanol–water partition coefficient (Wildman–Crippen LogP) is 1.09. The molecule has 0 aliphatic carbocycles. The van der Waals surface area contributed by atoms with Crippen molar-refractivity contribution < 1.29 is 0 Å². The van der Waals surface area contributed by atoms with Crippen LogP contribution in [0.15, 0.2) is 36.6 Å². The summed E-state index contributed by atoms with van der Waals surface area (Å²) < 4.78 is 0. The van der Waals surface area contributed by atoms with Crippen LogP contribution in [0.1, 0.15) is 0 Å². The molecule has 0 bridgehead atoms. The number of nitrogens with zero attached hydrogens (tertiary/aromatic N) is 1. The minimum atomic E-state index is 0.507. The number of allylic oxidation sites excluding steroid dienone is 4. The summed E-state index contributed by atoms with van der Waals surface area (Å²) in [5.41, 5.74) is 5.54. The fraction of sp³-hybridized carbons (Fsp3) is 0. The first-order valence-corrected chi connectivity index (χ1v) is 2.46. The van der Waals surface area contributed by atoms with E-state index >= 15 is 0 Å². The number of hydrogen-bond donors (Lipinski definition) is 1. The van der Waals surface area contributed by atoms with Gasteiger partial charge in [0.05, 0.1) is 11.6 Å². The molecule has 0 aromatic heterocycles. The van der Waals surface area contributed by atoms with E-state index in [1.54, 1.807) is 12.2 Å². The molecule has 9 heavy (non-hydrogen) atoms. The molecule has 0 fully saturated rings. The van der Waals surface area contributed by atoms with Gasteiger partial charge in [-0.15, -0.1) is 0 Å². The number of nitrogens with two attached hydrogens (primary N) is 1. The minimum absolute atomic E-state index is 0.507. The van der Waals surface area contributed by atoms with Gasteiger partial charge in [-0.3, -0.25) is 0 Å². The van der Waals surface area contributed by atoms with Crippen LogP contribution in [0.25, 0.3) is 0 Å². The third-order valence-corrected chi connectivity index (χ3v) is 0.702. The van der Waals surface area contributed by atoms with Gasteiger partial charge in [-0.1, -0.05) is 12.7 Å². The Kier molecular flexibility index (Phi) is 3.89. The van der Waals surface area contributed by atoms with E-state index in [0.29, 0.717) is 5.57 Å². The zero-order valence-corrected chi connectivity index (χ0v) is 5.04. The highest BCUT2D eigenvalue weighted by atomic mass is 14.5. The molecule has 0 saturated heterocycles. The quantitative estimate of drug-likeness (QED) is 0.438. The van der Waals surface area contributed by atoms with Crippen LogP contribution in [-0.4, -0.2) is 0 Å². The molecule has 0 spiro atoms. The molecule has 0 aromatic carbocycles. The molecule has 0 radical (unpaired) electrons. The Morgan fingerprint density at radius 1 is 1.67 bits per heavy atom. The highest BCUT2D eigenvalue weighted by Crippen LogP contribution is 1.91. The maximum Gasteiger partial charge on any atom is 0.0992 e. The highest BCUT2D eigenvalue weighted by molar-refractivity contribution is 5.34. The van der Waals surface area contributed by atoms with Crippen molar-refractivity contribution in [2.45, 2.75) is 0 Å². The third-order valence-electron chi connectivity index (χ3n) is 0.702. The van der Waals surface area contributed by atoms with E-state index in [0.717, 1.165) is 0 Å². The minimum Gasteiger partial charge on any atom is -0.405 e. The van der Waals surface area contributed by atoms with E-state index in [9.17, 15) is 0 Å². The fourth-order valence-electron chi connectivity index (χ4n) is 0.361. The summed E-state index contributed by atoms with van der Waals surface area (Å²) in [5, 5.41) is 8.32. The Bertz CT molecular complexity index is 182. The summed E-state index contributed by atoms with van der Waals surface area (Å²) in [6.45, 7) is 3.43. The van der Waals surface area contributed by atoms with Gasteiger partial charge in [0.1, 0.15) is 0 Å². The molecule has 0 aliphatic heterocycles. The SMILES string of the molecule is C=C/C=C(C#N)\C=C/N. The van der Waals surface area contributed by atoms with Gasteiger partial charge in [-0.25, -0.2) is 0 Å². The summed E-state index contributed by atoms with van der Waals surface area (Å²) in [6, 6.07) is 1.93. The van der Waals surface area contributed by atoms with Gasteiger partial charge in [0.15, 0.2) is 0 Å². The van der Waals surface area contributed by atoms with Gasteiger partial charge in [0.2, 0.25) is 0 Å². The predicted molar refractivity (Wildman–Crippen MR) is 37.2 cm³/mol. The van der Waals surface area contributed by atoms with Gasteiger partial charge in [-0.05, 0) is 18.4 Å². The second-order valence-electron chi connectivity index (χ2n) is 1.33. The van der Waals surface area contributed by atoms with Crippen LogP contribution in [0.4, 0.5) is 0 Å². The molecule has 46 valence electrons. The summed E-state index contributed by atoms with van der Waals surface area (Å²) >= 11 is 0. The third kappa shape index (κ3) is 3.12. The van der Waals surface area contributed by atoms with Crippen LogP contribution in [0.3, 0.4) is 0 Å². The summed E-state index contributed by atoms with van der Waals surface area (Å²) in [4.78, 5) is 0. The smallest absolute Gasteiger partial charge is 0.0992 e. The van der Waals surface area contributed by atoms with Gasteiger partial charge in [-0.2, -0.15) is 5.26 Å². The van der Waals surface area contributed by atoms with E-state index in [1.807, 2.05) is 6.07 Å². The van der Waals surface area contributed by atoms with Crippen molar-refractivity contribution >= 4 is 0 Å². The van der Waals surface area contributed by atoms with Crippen molar-refractivity contribution in [3.8, 4) is 6.07 Å². The Morgan fingerprint density at radius 2 is 2.33 bits per heavy atom. The van der Waals surface area contributed by atoms with Gasteiger partial charge >= 0.3 is 0 Å². The molecule has 2 N–H and O–H groups in total. The zero-order chi connectivity index (χ0) is 7.11. The first kappa shape index (κ1) is 7.51. The van der Waals surface area contributed by atoms with Crippen LogP contribution < -0.4 is 5.73 Å². The molecule has 0 aliphatic rings. The molecule has 0 heterocycles. The van der Waals surface area contributed by atoms with Crippen molar-refractivity contribution in [3.05, 3.63) is 36.6 Å². The number of nitriles is 1. The molecule has 0 unspecified atom stereocenters. The van der Waals surface area contributed by atoms with Gasteiger partial charge in [0, 0.05) is 0 Å². The number of rotatable bonds is 2. The van der Waals surface area contributed by atoms with Crippen molar-refractivity contribution in [2.75, 3.05) is 0 Å². The first-order valence-electron chi connectivity index (χ1n) is 2.46. The lowest BCUT2D eigenvalue weighted by molar-refractivity contribution is 1.48. The van der Waals surface area contributed by atoms with Crippen LogP contribution >= 0.6 is 0 Å². The zero-order valence-electron chi connectivity index (χ0n) is 5.04. The average molecular weight is 120 g/mol. The number of hydrogen-bond acceptors (Lipinski definition) is 2. The molecule has 2 heteroatoms. The van der Waals surface area contributed by atoms with Crippen LogP contribution in [0.2, 0.25) is 0 Å².